The number of hydrogen-bond donors (Lipinski definition) is 3. The number of carbonyl (C=O) groups excluding carboxylic acids is 2. The van der Waals surface area contributed by atoms with Crippen molar-refractivity contribution in [3.63, 3.8) is 0 Å². The molecule has 10 heteroatoms. The van der Waals surface area contributed by atoms with Gasteiger partial charge in [0.1, 0.15) is 0 Å². The summed E-state index contributed by atoms with van der Waals surface area (Å²) in [5, 5.41) is 15.0. The minimum absolute atomic E-state index is 0.0139. The first-order chi connectivity index (χ1) is 18.1. The number of aromatic nitrogens is 3. The van der Waals surface area contributed by atoms with Crippen LogP contribution < -0.4 is 21.3 Å². The number of benzene rings is 1. The van der Waals surface area contributed by atoms with Crippen molar-refractivity contribution < 1.29 is 9.59 Å². The summed E-state index contributed by atoms with van der Waals surface area (Å²) in [6.07, 6.45) is 8.21. The highest BCUT2D eigenvalue weighted by Crippen LogP contribution is 2.28. The van der Waals surface area contributed by atoms with Crippen LogP contribution in [0, 0.1) is 5.92 Å². The summed E-state index contributed by atoms with van der Waals surface area (Å²) in [5.41, 5.74) is 7.73. The van der Waals surface area contributed by atoms with Crippen molar-refractivity contribution in [1.29, 1.82) is 0 Å². The Kier molecular flexibility index (Phi) is 8.13. The lowest BCUT2D eigenvalue weighted by Crippen LogP contribution is -2.41. The van der Waals surface area contributed by atoms with E-state index < -0.39 is 5.91 Å². The van der Waals surface area contributed by atoms with Crippen molar-refractivity contribution in [2.24, 2.45) is 11.7 Å². The van der Waals surface area contributed by atoms with Gasteiger partial charge in [-0.25, -0.2) is 0 Å². The van der Waals surface area contributed by atoms with Crippen molar-refractivity contribution in [2.75, 3.05) is 49.5 Å². The maximum atomic E-state index is 12.8. The lowest BCUT2D eigenvalue weighted by Gasteiger charge is -2.34. The van der Waals surface area contributed by atoms with Gasteiger partial charge < -0.3 is 26.2 Å². The summed E-state index contributed by atoms with van der Waals surface area (Å²) in [6.45, 7) is 5.34. The number of rotatable bonds is 7. The van der Waals surface area contributed by atoms with Gasteiger partial charge in [0, 0.05) is 38.3 Å². The molecule has 1 aromatic heterocycles. The normalized spacial score (nSPS) is 21.0. The third kappa shape index (κ3) is 6.36. The zero-order chi connectivity index (χ0) is 25.6. The molecule has 0 radical (unpaired) electrons. The highest BCUT2D eigenvalue weighted by molar-refractivity contribution is 5.96. The number of hydrogen-bond acceptors (Lipinski definition) is 8. The highest BCUT2D eigenvalue weighted by Gasteiger charge is 2.27. The second-order valence-corrected chi connectivity index (χ2v) is 10.5. The SMILES string of the molecule is NC(=O)c1nnc(N2CCC[C@@H](CC(=O)N3CCCCC3)C2)nc1Nc1ccc(C2CCNCC2)cc1. The number of anilines is 3. The molecule has 4 heterocycles. The van der Waals surface area contributed by atoms with Crippen LogP contribution >= 0.6 is 0 Å². The standard InChI is InChI=1S/C27H38N8O2/c28-25(37)24-26(30-22-8-6-20(7-9-22)21-10-12-29-13-11-21)31-27(33-32-24)35-16-4-5-19(18-35)17-23(36)34-14-2-1-3-15-34/h6-9,19,21,29H,1-5,10-18H2,(H2,28,37)(H,30,31,33)/t19-/m0/s1. The Labute approximate surface area is 218 Å². The first-order valence-corrected chi connectivity index (χ1v) is 13.7. The molecule has 5 rings (SSSR count). The van der Waals surface area contributed by atoms with Crippen LogP contribution in [0.2, 0.25) is 0 Å². The average Bonchev–Trinajstić information content (AvgIpc) is 2.94. The predicted molar refractivity (Wildman–Crippen MR) is 143 cm³/mol. The summed E-state index contributed by atoms with van der Waals surface area (Å²) < 4.78 is 0. The molecule has 0 bridgehead atoms. The Balaban J connectivity index is 1.27. The van der Waals surface area contributed by atoms with Crippen molar-refractivity contribution >= 4 is 29.3 Å². The van der Waals surface area contributed by atoms with Gasteiger partial charge in [0.2, 0.25) is 11.9 Å². The van der Waals surface area contributed by atoms with Gasteiger partial charge in [-0.15, -0.1) is 10.2 Å². The second kappa shape index (κ2) is 11.9. The number of nitrogens with one attached hydrogen (secondary N) is 2. The third-order valence-corrected chi connectivity index (χ3v) is 7.87. The van der Waals surface area contributed by atoms with E-state index >= 15 is 0 Å². The van der Waals surface area contributed by atoms with Gasteiger partial charge >= 0.3 is 0 Å². The Morgan fingerprint density at radius 1 is 0.973 bits per heavy atom. The maximum Gasteiger partial charge on any atom is 0.273 e. The van der Waals surface area contributed by atoms with E-state index in [0.29, 0.717) is 30.6 Å². The molecule has 0 unspecified atom stereocenters. The molecule has 0 aliphatic carbocycles. The fraction of sp³-hybridized carbons (Fsp3) is 0.593. The van der Waals surface area contributed by atoms with Crippen molar-refractivity contribution in [3.8, 4) is 0 Å². The molecule has 4 N–H and O–H groups in total. The molecular weight excluding hydrogens is 468 g/mol. The monoisotopic (exact) mass is 506 g/mol. The number of piperidine rings is 3. The molecule has 10 nitrogen and oxygen atoms in total. The lowest BCUT2D eigenvalue weighted by molar-refractivity contribution is -0.133. The zero-order valence-corrected chi connectivity index (χ0v) is 21.5. The van der Waals surface area contributed by atoms with E-state index in [-0.39, 0.29) is 17.5 Å². The van der Waals surface area contributed by atoms with Crippen LogP contribution in [-0.4, -0.2) is 71.2 Å². The Bertz CT molecular complexity index is 1080. The van der Waals surface area contributed by atoms with Crippen LogP contribution in [0.1, 0.15) is 73.3 Å². The molecule has 1 aromatic carbocycles. The average molecular weight is 507 g/mol. The van der Waals surface area contributed by atoms with Crippen LogP contribution in [-0.2, 0) is 4.79 Å². The maximum absolute atomic E-state index is 12.8. The third-order valence-electron chi connectivity index (χ3n) is 7.87. The van der Waals surface area contributed by atoms with E-state index in [9.17, 15) is 9.59 Å². The molecule has 0 saturated carbocycles. The van der Waals surface area contributed by atoms with Crippen molar-refractivity contribution in [2.45, 2.75) is 57.3 Å². The van der Waals surface area contributed by atoms with E-state index in [2.05, 4.69) is 42.8 Å². The molecule has 2 aromatic rings. The zero-order valence-electron chi connectivity index (χ0n) is 21.5. The summed E-state index contributed by atoms with van der Waals surface area (Å²) in [5.74, 6) is 1.15. The fourth-order valence-corrected chi connectivity index (χ4v) is 5.77. The smallest absolute Gasteiger partial charge is 0.273 e. The molecule has 37 heavy (non-hydrogen) atoms. The summed E-state index contributed by atoms with van der Waals surface area (Å²) >= 11 is 0. The highest BCUT2D eigenvalue weighted by atomic mass is 16.2. The van der Waals surface area contributed by atoms with Crippen LogP contribution in [0.25, 0.3) is 0 Å². The van der Waals surface area contributed by atoms with Crippen LogP contribution in [0.4, 0.5) is 17.5 Å². The minimum Gasteiger partial charge on any atom is -0.364 e. The van der Waals surface area contributed by atoms with Crippen LogP contribution in [0.5, 0.6) is 0 Å². The van der Waals surface area contributed by atoms with E-state index in [1.165, 1.54) is 12.0 Å². The van der Waals surface area contributed by atoms with Gasteiger partial charge in [0.25, 0.3) is 5.91 Å². The number of carbonyl (C=O) groups is 2. The van der Waals surface area contributed by atoms with E-state index in [0.717, 1.165) is 76.9 Å². The number of likely N-dealkylation sites (tertiary alicyclic amines) is 1. The van der Waals surface area contributed by atoms with Crippen molar-refractivity contribution in [3.05, 3.63) is 35.5 Å². The van der Waals surface area contributed by atoms with E-state index in [4.69, 9.17) is 5.73 Å². The Hall–Kier alpha value is -3.27. The number of nitrogens with two attached hydrogens (primary N) is 1. The number of amides is 2. The molecular formula is C27H38N8O2. The van der Waals surface area contributed by atoms with Gasteiger partial charge in [0.15, 0.2) is 11.5 Å². The number of nitrogens with zero attached hydrogens (tertiary/aromatic N) is 5. The van der Waals surface area contributed by atoms with Gasteiger partial charge in [-0.05, 0) is 87.6 Å². The largest absolute Gasteiger partial charge is 0.364 e. The van der Waals surface area contributed by atoms with Crippen LogP contribution in [0.15, 0.2) is 24.3 Å². The molecule has 3 aliphatic heterocycles. The molecule has 198 valence electrons. The Morgan fingerprint density at radius 3 is 2.46 bits per heavy atom. The molecule has 3 fully saturated rings. The second-order valence-electron chi connectivity index (χ2n) is 10.5. The summed E-state index contributed by atoms with van der Waals surface area (Å²) in [7, 11) is 0. The Morgan fingerprint density at radius 2 is 1.73 bits per heavy atom. The van der Waals surface area contributed by atoms with Gasteiger partial charge in [-0.3, -0.25) is 9.59 Å². The van der Waals surface area contributed by atoms with Crippen molar-refractivity contribution in [1.82, 2.24) is 25.4 Å². The molecule has 0 spiro atoms. The fourth-order valence-electron chi connectivity index (χ4n) is 5.77. The molecule has 3 aliphatic rings. The predicted octanol–water partition coefficient (Wildman–Crippen LogP) is 2.80. The van der Waals surface area contributed by atoms with E-state index in [1.807, 2.05) is 17.0 Å². The first-order valence-electron chi connectivity index (χ1n) is 13.7. The summed E-state index contributed by atoms with van der Waals surface area (Å²) in [4.78, 5) is 33.6. The molecule has 1 atom stereocenters. The number of primary amides is 1. The topological polar surface area (TPSA) is 129 Å². The first kappa shape index (κ1) is 25.4. The van der Waals surface area contributed by atoms with E-state index in [1.54, 1.807) is 0 Å². The summed E-state index contributed by atoms with van der Waals surface area (Å²) in [6, 6.07) is 8.28. The lowest BCUT2D eigenvalue weighted by atomic mass is 9.90. The molecule has 3 saturated heterocycles. The van der Waals surface area contributed by atoms with Gasteiger partial charge in [-0.1, -0.05) is 12.1 Å². The van der Waals surface area contributed by atoms with Crippen LogP contribution in [0.3, 0.4) is 0 Å². The quantitative estimate of drug-likeness (QED) is 0.523. The minimum atomic E-state index is -0.677. The molecule has 2 amide bonds. The van der Waals surface area contributed by atoms with Gasteiger partial charge in [-0.2, -0.15) is 4.98 Å². The van der Waals surface area contributed by atoms with Gasteiger partial charge in [0.05, 0.1) is 0 Å².